The SMILES string of the molecule is O=C(CC1CC2CCC(C1)N2)NCc1ccccc1. The quantitative estimate of drug-likeness (QED) is 0.869. The zero-order valence-corrected chi connectivity index (χ0v) is 11.3. The summed E-state index contributed by atoms with van der Waals surface area (Å²) in [6.07, 6.45) is 5.64. The number of benzene rings is 1. The molecule has 0 radical (unpaired) electrons. The van der Waals surface area contributed by atoms with Crippen molar-refractivity contribution in [3.63, 3.8) is 0 Å². The van der Waals surface area contributed by atoms with Crippen LogP contribution >= 0.6 is 0 Å². The highest BCUT2D eigenvalue weighted by atomic mass is 16.1. The highest BCUT2D eigenvalue weighted by Gasteiger charge is 2.33. The maximum absolute atomic E-state index is 12.0. The van der Waals surface area contributed by atoms with E-state index in [4.69, 9.17) is 0 Å². The van der Waals surface area contributed by atoms with Crippen molar-refractivity contribution in [2.45, 2.75) is 50.7 Å². The first kappa shape index (κ1) is 12.7. The Morgan fingerprint density at radius 2 is 1.84 bits per heavy atom. The van der Waals surface area contributed by atoms with E-state index in [0.717, 1.165) is 0 Å². The van der Waals surface area contributed by atoms with Gasteiger partial charge in [-0.1, -0.05) is 30.3 Å². The Bertz CT molecular complexity index is 420. The van der Waals surface area contributed by atoms with Crippen LogP contribution in [0.4, 0.5) is 0 Å². The molecule has 1 aromatic rings. The molecule has 2 saturated heterocycles. The van der Waals surface area contributed by atoms with Crippen molar-refractivity contribution in [3.8, 4) is 0 Å². The summed E-state index contributed by atoms with van der Waals surface area (Å²) >= 11 is 0. The molecule has 3 heteroatoms. The molecule has 3 nitrogen and oxygen atoms in total. The first-order valence-electron chi connectivity index (χ1n) is 7.36. The van der Waals surface area contributed by atoms with Crippen LogP contribution in [-0.2, 0) is 11.3 Å². The van der Waals surface area contributed by atoms with Gasteiger partial charge in [0.25, 0.3) is 0 Å². The molecule has 0 saturated carbocycles. The fourth-order valence-corrected chi connectivity index (χ4v) is 3.47. The van der Waals surface area contributed by atoms with Crippen molar-refractivity contribution < 1.29 is 4.79 Å². The van der Waals surface area contributed by atoms with Crippen LogP contribution in [-0.4, -0.2) is 18.0 Å². The fourth-order valence-electron chi connectivity index (χ4n) is 3.47. The van der Waals surface area contributed by atoms with E-state index in [1.165, 1.54) is 31.2 Å². The molecular formula is C16H22N2O. The van der Waals surface area contributed by atoms with Crippen LogP contribution in [0.3, 0.4) is 0 Å². The lowest BCUT2D eigenvalue weighted by Gasteiger charge is -2.28. The fraction of sp³-hybridized carbons (Fsp3) is 0.562. The van der Waals surface area contributed by atoms with E-state index in [0.29, 0.717) is 31.0 Å². The average Bonchev–Trinajstić information content (AvgIpc) is 2.77. The van der Waals surface area contributed by atoms with Crippen molar-refractivity contribution in [1.29, 1.82) is 0 Å². The molecule has 2 unspecified atom stereocenters. The van der Waals surface area contributed by atoms with Gasteiger partial charge in [-0.05, 0) is 37.2 Å². The number of nitrogens with one attached hydrogen (secondary N) is 2. The summed E-state index contributed by atoms with van der Waals surface area (Å²) in [7, 11) is 0. The molecule has 3 rings (SSSR count). The van der Waals surface area contributed by atoms with E-state index in [-0.39, 0.29) is 5.91 Å². The number of rotatable bonds is 4. The predicted octanol–water partition coefficient (Wildman–Crippen LogP) is 2.22. The van der Waals surface area contributed by atoms with Crippen LogP contribution in [0.25, 0.3) is 0 Å². The Hall–Kier alpha value is -1.35. The van der Waals surface area contributed by atoms with E-state index in [1.807, 2.05) is 30.3 Å². The van der Waals surface area contributed by atoms with Gasteiger partial charge in [-0.2, -0.15) is 0 Å². The minimum Gasteiger partial charge on any atom is -0.352 e. The second-order valence-electron chi connectivity index (χ2n) is 5.94. The van der Waals surface area contributed by atoms with Crippen molar-refractivity contribution in [2.75, 3.05) is 0 Å². The summed E-state index contributed by atoms with van der Waals surface area (Å²) in [6, 6.07) is 11.4. The molecule has 0 aliphatic carbocycles. The lowest BCUT2D eigenvalue weighted by molar-refractivity contribution is -0.122. The molecule has 2 atom stereocenters. The zero-order chi connectivity index (χ0) is 13.1. The summed E-state index contributed by atoms with van der Waals surface area (Å²) in [4.78, 5) is 12.0. The predicted molar refractivity (Wildman–Crippen MR) is 75.6 cm³/mol. The summed E-state index contributed by atoms with van der Waals surface area (Å²) in [5.74, 6) is 0.782. The number of carbonyl (C=O) groups excluding carboxylic acids is 1. The smallest absolute Gasteiger partial charge is 0.220 e. The molecule has 2 N–H and O–H groups in total. The molecule has 2 fully saturated rings. The van der Waals surface area contributed by atoms with Crippen LogP contribution in [0.5, 0.6) is 0 Å². The highest BCUT2D eigenvalue weighted by molar-refractivity contribution is 5.76. The molecule has 2 heterocycles. The molecule has 2 aliphatic rings. The maximum Gasteiger partial charge on any atom is 0.220 e. The van der Waals surface area contributed by atoms with E-state index in [9.17, 15) is 4.79 Å². The van der Waals surface area contributed by atoms with Crippen LogP contribution < -0.4 is 10.6 Å². The first-order valence-corrected chi connectivity index (χ1v) is 7.36. The van der Waals surface area contributed by atoms with Crippen molar-refractivity contribution in [2.24, 2.45) is 5.92 Å². The normalized spacial score (nSPS) is 29.2. The third kappa shape index (κ3) is 3.35. The monoisotopic (exact) mass is 258 g/mol. The Balaban J connectivity index is 1.44. The van der Waals surface area contributed by atoms with E-state index in [2.05, 4.69) is 10.6 Å². The van der Waals surface area contributed by atoms with Gasteiger partial charge >= 0.3 is 0 Å². The van der Waals surface area contributed by atoms with Crippen LogP contribution in [0.2, 0.25) is 0 Å². The standard InChI is InChI=1S/C16H22N2O/c19-16(17-11-12-4-2-1-3-5-12)10-13-8-14-6-7-15(9-13)18-14/h1-5,13-15,18H,6-11H2,(H,17,19). The molecule has 2 aliphatic heterocycles. The van der Waals surface area contributed by atoms with Gasteiger partial charge in [0.05, 0.1) is 0 Å². The molecule has 1 aromatic carbocycles. The number of carbonyl (C=O) groups is 1. The van der Waals surface area contributed by atoms with E-state index in [1.54, 1.807) is 0 Å². The summed E-state index contributed by atoms with van der Waals surface area (Å²) in [6.45, 7) is 0.650. The second-order valence-corrected chi connectivity index (χ2v) is 5.94. The Kier molecular flexibility index (Phi) is 3.83. The lowest BCUT2D eigenvalue weighted by Crippen LogP contribution is -2.39. The Morgan fingerprint density at radius 1 is 1.16 bits per heavy atom. The highest BCUT2D eigenvalue weighted by Crippen LogP contribution is 2.32. The molecular weight excluding hydrogens is 236 g/mol. The minimum absolute atomic E-state index is 0.204. The molecule has 0 aromatic heterocycles. The van der Waals surface area contributed by atoms with Gasteiger partial charge in [-0.15, -0.1) is 0 Å². The molecule has 2 bridgehead atoms. The van der Waals surface area contributed by atoms with Gasteiger partial charge < -0.3 is 10.6 Å². The largest absolute Gasteiger partial charge is 0.352 e. The topological polar surface area (TPSA) is 41.1 Å². The number of hydrogen-bond donors (Lipinski definition) is 2. The Labute approximate surface area is 114 Å². The summed E-state index contributed by atoms with van der Waals surface area (Å²) in [5.41, 5.74) is 1.17. The van der Waals surface area contributed by atoms with Gasteiger partial charge in [0.15, 0.2) is 0 Å². The van der Waals surface area contributed by atoms with Gasteiger partial charge in [0, 0.05) is 25.0 Å². The average molecular weight is 258 g/mol. The van der Waals surface area contributed by atoms with Crippen LogP contribution in [0.1, 0.15) is 37.7 Å². The zero-order valence-electron chi connectivity index (χ0n) is 11.3. The van der Waals surface area contributed by atoms with Gasteiger partial charge in [-0.25, -0.2) is 0 Å². The van der Waals surface area contributed by atoms with Crippen LogP contribution in [0, 0.1) is 5.92 Å². The summed E-state index contributed by atoms with van der Waals surface area (Å²) in [5, 5.41) is 6.66. The molecule has 0 spiro atoms. The number of fused-ring (bicyclic) bond motifs is 2. The number of hydrogen-bond acceptors (Lipinski definition) is 2. The molecule has 102 valence electrons. The van der Waals surface area contributed by atoms with Gasteiger partial charge in [-0.3, -0.25) is 4.79 Å². The number of amides is 1. The van der Waals surface area contributed by atoms with Gasteiger partial charge in [0.1, 0.15) is 0 Å². The first-order chi connectivity index (χ1) is 9.29. The van der Waals surface area contributed by atoms with Crippen molar-refractivity contribution in [3.05, 3.63) is 35.9 Å². The maximum atomic E-state index is 12.0. The number of piperidine rings is 1. The third-order valence-corrected chi connectivity index (χ3v) is 4.38. The van der Waals surface area contributed by atoms with Gasteiger partial charge in [0.2, 0.25) is 5.91 Å². The molecule has 1 amide bonds. The van der Waals surface area contributed by atoms with Crippen molar-refractivity contribution in [1.82, 2.24) is 10.6 Å². The lowest BCUT2D eigenvalue weighted by atomic mass is 9.89. The summed E-state index contributed by atoms with van der Waals surface area (Å²) < 4.78 is 0. The third-order valence-electron chi connectivity index (χ3n) is 4.38. The minimum atomic E-state index is 0.204. The Morgan fingerprint density at radius 3 is 2.53 bits per heavy atom. The second kappa shape index (κ2) is 5.74. The van der Waals surface area contributed by atoms with Crippen LogP contribution in [0.15, 0.2) is 30.3 Å². The molecule has 19 heavy (non-hydrogen) atoms. The van der Waals surface area contributed by atoms with Crippen molar-refractivity contribution >= 4 is 5.91 Å². The van der Waals surface area contributed by atoms with E-state index >= 15 is 0 Å². The van der Waals surface area contributed by atoms with E-state index < -0.39 is 0 Å².